The lowest BCUT2D eigenvalue weighted by atomic mass is 10.1. The maximum Gasteiger partial charge on any atom is 0.472 e. The minimum Gasteiger partial charge on any atom is -0.462 e. The Bertz CT molecular complexity index is 1330. The highest BCUT2D eigenvalue weighted by Crippen LogP contribution is 2.43. The number of allylic oxidation sites excluding steroid dienone is 13. The third-order valence-corrected chi connectivity index (χ3v) is 9.36. The summed E-state index contributed by atoms with van der Waals surface area (Å²) in [5.41, 5.74) is 0. The lowest BCUT2D eigenvalue weighted by molar-refractivity contribution is -0.161. The second-order valence-corrected chi connectivity index (χ2v) is 15.5. The van der Waals surface area contributed by atoms with E-state index in [2.05, 4.69) is 73.1 Å². The molecule has 1 unspecified atom stereocenters. The molecule has 0 rings (SSSR count). The van der Waals surface area contributed by atoms with Gasteiger partial charge in [0.05, 0.1) is 32.0 Å². The maximum atomic E-state index is 12.6. The first-order chi connectivity index (χ1) is 28.5. The minimum atomic E-state index is -4.69. The zero-order valence-electron chi connectivity index (χ0n) is 35.6. The predicted molar refractivity (Wildman–Crippen MR) is 235 cm³/mol. The number of unbranched alkanes of at least 4 members (excludes halogenated alkanes) is 7. The fraction of sp³-hybridized carbons (Fsp3) is 0.609. The number of carbonyl (C=O) groups excluding carboxylic acids is 2. The lowest BCUT2D eigenvalue weighted by Gasteiger charge is -2.20. The van der Waals surface area contributed by atoms with E-state index in [9.17, 15) is 34.4 Å². The van der Waals surface area contributed by atoms with Gasteiger partial charge in [0.15, 0.2) is 6.10 Å². The third-order valence-electron chi connectivity index (χ3n) is 8.41. The van der Waals surface area contributed by atoms with E-state index < -0.39 is 70.6 Å². The number of esters is 2. The van der Waals surface area contributed by atoms with Crippen LogP contribution in [0.1, 0.15) is 129 Å². The van der Waals surface area contributed by atoms with E-state index in [0.717, 1.165) is 64.2 Å². The maximum absolute atomic E-state index is 12.6. The smallest absolute Gasteiger partial charge is 0.462 e. The Morgan fingerprint density at radius 1 is 0.610 bits per heavy atom. The largest absolute Gasteiger partial charge is 0.472 e. The molecule has 59 heavy (non-hydrogen) atoms. The highest BCUT2D eigenvalue weighted by molar-refractivity contribution is 7.47. The monoisotopic (exact) mass is 850 g/mol. The number of phosphoric ester groups is 1. The van der Waals surface area contributed by atoms with Crippen molar-refractivity contribution >= 4 is 19.8 Å². The summed E-state index contributed by atoms with van der Waals surface area (Å²) in [5.74, 6) is -1.21. The first kappa shape index (κ1) is 55.8. The molecule has 0 aliphatic rings. The first-order valence-electron chi connectivity index (χ1n) is 21.4. The van der Waals surface area contributed by atoms with Crippen molar-refractivity contribution in [1.29, 1.82) is 0 Å². The second kappa shape index (κ2) is 40.2. The number of ether oxygens (including phenoxy) is 2. The average molecular weight is 851 g/mol. The van der Waals surface area contributed by atoms with E-state index in [1.165, 1.54) is 12.8 Å². The summed E-state index contributed by atoms with van der Waals surface area (Å²) in [5, 5.41) is 38.6. The van der Waals surface area contributed by atoms with Gasteiger partial charge in [0.1, 0.15) is 12.7 Å². The van der Waals surface area contributed by atoms with Crippen LogP contribution in [-0.2, 0) is 32.7 Å². The van der Waals surface area contributed by atoms with E-state index in [4.69, 9.17) is 19.1 Å². The van der Waals surface area contributed by atoms with Crippen LogP contribution in [0.4, 0.5) is 0 Å². The van der Waals surface area contributed by atoms with Crippen LogP contribution in [-0.4, -0.2) is 88.1 Å². The topological polar surface area (TPSA) is 189 Å². The Kier molecular flexibility index (Phi) is 38.1. The number of hydrogen-bond acceptors (Lipinski definition) is 11. The van der Waals surface area contributed by atoms with Gasteiger partial charge in [0, 0.05) is 12.8 Å². The van der Waals surface area contributed by atoms with E-state index in [1.807, 2.05) is 6.08 Å². The Morgan fingerprint density at radius 2 is 1.17 bits per heavy atom. The van der Waals surface area contributed by atoms with Crippen LogP contribution < -0.4 is 0 Å². The van der Waals surface area contributed by atoms with Gasteiger partial charge >= 0.3 is 19.8 Å². The molecule has 12 nitrogen and oxygen atoms in total. The van der Waals surface area contributed by atoms with Crippen molar-refractivity contribution in [2.75, 3.05) is 26.4 Å². The van der Waals surface area contributed by atoms with Gasteiger partial charge in [-0.05, 0) is 77.0 Å². The van der Waals surface area contributed by atoms with E-state index in [1.54, 1.807) is 36.5 Å². The number of phosphoric acid groups is 1. The highest BCUT2D eigenvalue weighted by Gasteiger charge is 2.27. The van der Waals surface area contributed by atoms with Gasteiger partial charge in [-0.25, -0.2) is 4.57 Å². The molecule has 0 aliphatic heterocycles. The van der Waals surface area contributed by atoms with Gasteiger partial charge in [0.25, 0.3) is 0 Å². The van der Waals surface area contributed by atoms with Crippen molar-refractivity contribution in [3.05, 3.63) is 97.2 Å². The van der Waals surface area contributed by atoms with Gasteiger partial charge in [-0.2, -0.15) is 0 Å². The molecule has 0 aliphatic carbocycles. The fourth-order valence-electron chi connectivity index (χ4n) is 5.06. The summed E-state index contributed by atoms with van der Waals surface area (Å²) < 4.78 is 32.5. The third kappa shape index (κ3) is 40.0. The fourth-order valence-corrected chi connectivity index (χ4v) is 5.85. The van der Waals surface area contributed by atoms with Crippen LogP contribution in [0.15, 0.2) is 97.2 Å². The molecule has 0 bridgehead atoms. The summed E-state index contributed by atoms with van der Waals surface area (Å²) >= 11 is 0. The first-order valence-corrected chi connectivity index (χ1v) is 22.9. The van der Waals surface area contributed by atoms with Crippen LogP contribution in [0.2, 0.25) is 0 Å². The number of hydrogen-bond donors (Lipinski definition) is 5. The van der Waals surface area contributed by atoms with Crippen molar-refractivity contribution in [3.63, 3.8) is 0 Å². The Morgan fingerprint density at radius 3 is 1.81 bits per heavy atom. The number of carbonyl (C=O) groups is 2. The molecule has 0 aromatic heterocycles. The molecule has 5 atom stereocenters. The van der Waals surface area contributed by atoms with Gasteiger partial charge in [-0.3, -0.25) is 18.6 Å². The minimum absolute atomic E-state index is 0.0303. The predicted octanol–water partition coefficient (Wildman–Crippen LogP) is 9.16. The van der Waals surface area contributed by atoms with E-state index >= 15 is 0 Å². The van der Waals surface area contributed by atoms with Crippen LogP contribution >= 0.6 is 7.82 Å². The Balaban J connectivity index is 4.63. The molecule has 0 saturated heterocycles. The molecule has 0 aromatic carbocycles. The molecular formula is C46H75O12P. The molecule has 0 spiro atoms. The molecule has 0 radical (unpaired) electrons. The highest BCUT2D eigenvalue weighted by atomic mass is 31.2. The van der Waals surface area contributed by atoms with Crippen LogP contribution in [0, 0.1) is 0 Å². The summed E-state index contributed by atoms with van der Waals surface area (Å²) in [4.78, 5) is 35.0. The molecule has 0 fully saturated rings. The van der Waals surface area contributed by atoms with Gasteiger partial charge in [-0.1, -0.05) is 137 Å². The molecule has 0 amide bonds. The Labute approximate surface area is 354 Å². The molecule has 0 aromatic rings. The van der Waals surface area contributed by atoms with Gasteiger partial charge in [0.2, 0.25) is 0 Å². The van der Waals surface area contributed by atoms with Crippen LogP contribution in [0.25, 0.3) is 0 Å². The zero-order valence-corrected chi connectivity index (χ0v) is 36.5. The number of rotatable bonds is 38. The number of aliphatic hydroxyl groups excluding tert-OH is 4. The Hall–Kier alpha value is -3.19. The van der Waals surface area contributed by atoms with Crippen molar-refractivity contribution < 1.29 is 58.0 Å². The molecule has 0 saturated carbocycles. The summed E-state index contributed by atoms with van der Waals surface area (Å²) in [7, 11) is -4.69. The summed E-state index contributed by atoms with van der Waals surface area (Å²) in [6.45, 7) is 1.87. The average Bonchev–Trinajstić information content (AvgIpc) is 3.21. The standard InChI is InChI=1S/C46H75O12P/c1-3-5-7-9-11-12-13-14-15-16-17-18-19-20-21-23-29-35-46(52)58-44(40-57-59(53,54)56-38-43(50)37-47)39-55-45(51)36-30-34-42(49)33-28-25-24-27-32-41(48)31-26-22-10-8-6-4-2/h5,7,11-12,14-15,17-18,22,24-28,32-33,41-44,47-50H,3-4,6,8-10,13,16,19-21,23,29-31,34-40H2,1-2H3,(H,53,54)/b7-5-,12-11-,15-14-,18-17-,25-24+,26-22-,32-27+,33-28-/t41-,42-,43+,44-/m1/s1. The van der Waals surface area contributed by atoms with Crippen LogP contribution in [0.5, 0.6) is 0 Å². The lowest BCUT2D eigenvalue weighted by Crippen LogP contribution is -2.30. The molecule has 0 heterocycles. The van der Waals surface area contributed by atoms with Gasteiger partial charge < -0.3 is 34.8 Å². The molecule has 336 valence electrons. The van der Waals surface area contributed by atoms with Gasteiger partial charge in [-0.15, -0.1) is 0 Å². The SMILES string of the molecule is CC/C=C\C/C=C\C/C=C\C/C=C\CCCCCCC(=O)O[C@H](COC(=O)CCC[C@H](O)\C=C/C=C/C=C/[C@H](O)C/C=C\CCCCC)COP(=O)(O)OC[C@@H](O)CO. The second-order valence-electron chi connectivity index (χ2n) is 14.0. The van der Waals surface area contributed by atoms with Crippen molar-refractivity contribution in [3.8, 4) is 0 Å². The van der Waals surface area contributed by atoms with Crippen molar-refractivity contribution in [2.45, 2.75) is 154 Å². The van der Waals surface area contributed by atoms with Crippen molar-refractivity contribution in [1.82, 2.24) is 0 Å². The molecule has 13 heteroatoms. The number of aliphatic hydroxyl groups is 4. The van der Waals surface area contributed by atoms with E-state index in [0.29, 0.717) is 19.3 Å². The van der Waals surface area contributed by atoms with E-state index in [-0.39, 0.29) is 19.3 Å². The zero-order chi connectivity index (χ0) is 43.7. The summed E-state index contributed by atoms with van der Waals surface area (Å²) in [6.07, 6.45) is 41.4. The summed E-state index contributed by atoms with van der Waals surface area (Å²) in [6, 6.07) is 0. The quantitative estimate of drug-likeness (QED) is 0.0130. The van der Waals surface area contributed by atoms with Crippen molar-refractivity contribution in [2.24, 2.45) is 0 Å². The van der Waals surface area contributed by atoms with Crippen LogP contribution in [0.3, 0.4) is 0 Å². The normalized spacial score (nSPS) is 15.8. The molecular weight excluding hydrogens is 775 g/mol. The molecule has 5 N–H and O–H groups in total.